The predicted octanol–water partition coefficient (Wildman–Crippen LogP) is 6.01. The highest BCUT2D eigenvalue weighted by Gasteiger charge is 2.19. The van der Waals surface area contributed by atoms with Gasteiger partial charge in [0.25, 0.3) is 5.56 Å². The van der Waals surface area contributed by atoms with Gasteiger partial charge in [0.05, 0.1) is 18.2 Å². The summed E-state index contributed by atoms with van der Waals surface area (Å²) in [5.41, 5.74) is 3.06. The largest absolute Gasteiger partial charge is 0.497 e. The quantitative estimate of drug-likeness (QED) is 0.263. The Bertz CT molecular complexity index is 1210. The number of aryl methyl sites for hydroxylation is 2. The highest BCUT2D eigenvalue weighted by molar-refractivity contribution is 7.98. The minimum atomic E-state index is -0.00293. The molecule has 4 aromatic rings. The molecule has 2 aromatic carbocycles. The first-order valence-electron chi connectivity index (χ1n) is 9.98. The zero-order chi connectivity index (χ0) is 21.1. The third-order valence-electron chi connectivity index (χ3n) is 5.05. The second-order valence-corrected chi connectivity index (χ2v) is 9.11. The fourth-order valence-electron chi connectivity index (χ4n) is 3.45. The van der Waals surface area contributed by atoms with E-state index in [1.54, 1.807) is 34.8 Å². The zero-order valence-electron chi connectivity index (χ0n) is 17.3. The standard InChI is InChI=1S/C24H24N2O2S2/c1-4-8-20-16(2)21-22(30-20)25-24(29-15-17-9-6-5-7-10-17)26(23(21)27)18-11-13-19(28-3)14-12-18/h5-7,9-14H,4,8,15H2,1-3H3. The summed E-state index contributed by atoms with van der Waals surface area (Å²) in [6.45, 7) is 4.20. The topological polar surface area (TPSA) is 44.1 Å². The van der Waals surface area contributed by atoms with Crippen LogP contribution in [0.15, 0.2) is 64.5 Å². The Labute approximate surface area is 184 Å². The summed E-state index contributed by atoms with van der Waals surface area (Å²) in [7, 11) is 1.64. The number of rotatable bonds is 7. The van der Waals surface area contributed by atoms with Crippen molar-refractivity contribution in [1.29, 1.82) is 0 Å². The minimum Gasteiger partial charge on any atom is -0.497 e. The fourth-order valence-corrected chi connectivity index (χ4v) is 5.74. The van der Waals surface area contributed by atoms with Gasteiger partial charge in [0.2, 0.25) is 0 Å². The summed E-state index contributed by atoms with van der Waals surface area (Å²) in [5.74, 6) is 1.51. The molecule has 0 spiro atoms. The molecule has 6 heteroatoms. The van der Waals surface area contributed by atoms with Crippen LogP contribution in [-0.2, 0) is 12.2 Å². The summed E-state index contributed by atoms with van der Waals surface area (Å²) < 4.78 is 7.02. The van der Waals surface area contributed by atoms with Crippen LogP contribution in [-0.4, -0.2) is 16.7 Å². The van der Waals surface area contributed by atoms with E-state index in [2.05, 4.69) is 19.1 Å². The molecule has 154 valence electrons. The minimum absolute atomic E-state index is 0.00293. The van der Waals surface area contributed by atoms with E-state index in [-0.39, 0.29) is 5.56 Å². The van der Waals surface area contributed by atoms with Gasteiger partial charge in [0.1, 0.15) is 10.6 Å². The maximum atomic E-state index is 13.6. The summed E-state index contributed by atoms with van der Waals surface area (Å²) >= 11 is 3.24. The Morgan fingerprint density at radius 2 is 1.83 bits per heavy atom. The normalized spacial score (nSPS) is 11.2. The van der Waals surface area contributed by atoms with E-state index in [1.165, 1.54) is 10.4 Å². The summed E-state index contributed by atoms with van der Waals surface area (Å²) in [6.07, 6.45) is 2.03. The molecule has 4 rings (SSSR count). The Morgan fingerprint density at radius 1 is 1.10 bits per heavy atom. The molecule has 4 nitrogen and oxygen atoms in total. The lowest BCUT2D eigenvalue weighted by Crippen LogP contribution is -2.21. The average Bonchev–Trinajstić information content (AvgIpc) is 3.09. The summed E-state index contributed by atoms with van der Waals surface area (Å²) in [5, 5.41) is 1.45. The second kappa shape index (κ2) is 9.06. The van der Waals surface area contributed by atoms with E-state index in [1.807, 2.05) is 49.4 Å². The molecule has 0 aliphatic heterocycles. The maximum Gasteiger partial charge on any atom is 0.267 e. The molecule has 2 heterocycles. The van der Waals surface area contributed by atoms with Crippen LogP contribution in [0.4, 0.5) is 0 Å². The zero-order valence-corrected chi connectivity index (χ0v) is 19.0. The van der Waals surface area contributed by atoms with Gasteiger partial charge in [-0.1, -0.05) is 55.4 Å². The van der Waals surface area contributed by atoms with Gasteiger partial charge in [0, 0.05) is 10.6 Å². The third kappa shape index (κ3) is 4.02. The van der Waals surface area contributed by atoms with Gasteiger partial charge >= 0.3 is 0 Å². The molecule has 0 atom stereocenters. The van der Waals surface area contributed by atoms with Crippen molar-refractivity contribution in [2.45, 2.75) is 37.6 Å². The van der Waals surface area contributed by atoms with Gasteiger partial charge in [-0.05, 0) is 48.7 Å². The highest BCUT2D eigenvalue weighted by atomic mass is 32.2. The van der Waals surface area contributed by atoms with Crippen molar-refractivity contribution in [3.63, 3.8) is 0 Å². The number of ether oxygens (including phenoxy) is 1. The fraction of sp³-hybridized carbons (Fsp3) is 0.250. The van der Waals surface area contributed by atoms with Crippen LogP contribution in [0.1, 0.15) is 29.3 Å². The lowest BCUT2D eigenvalue weighted by atomic mass is 10.1. The smallest absolute Gasteiger partial charge is 0.267 e. The summed E-state index contributed by atoms with van der Waals surface area (Å²) in [6, 6.07) is 17.8. The molecule has 0 fully saturated rings. The van der Waals surface area contributed by atoms with Crippen molar-refractivity contribution < 1.29 is 4.74 Å². The van der Waals surface area contributed by atoms with Gasteiger partial charge in [-0.2, -0.15) is 0 Å². The van der Waals surface area contributed by atoms with Crippen LogP contribution in [0.2, 0.25) is 0 Å². The first-order chi connectivity index (χ1) is 14.6. The monoisotopic (exact) mass is 436 g/mol. The Hall–Kier alpha value is -2.57. The molecular formula is C24H24N2O2S2. The maximum absolute atomic E-state index is 13.6. The molecule has 0 radical (unpaired) electrons. The lowest BCUT2D eigenvalue weighted by Gasteiger charge is -2.13. The van der Waals surface area contributed by atoms with E-state index in [9.17, 15) is 4.79 Å². The van der Waals surface area contributed by atoms with Gasteiger partial charge in [-0.3, -0.25) is 9.36 Å². The van der Waals surface area contributed by atoms with Crippen LogP contribution < -0.4 is 10.3 Å². The van der Waals surface area contributed by atoms with Crippen LogP contribution in [0.25, 0.3) is 15.9 Å². The Balaban J connectivity index is 1.86. The Morgan fingerprint density at radius 3 is 2.50 bits per heavy atom. The average molecular weight is 437 g/mol. The Kier molecular flexibility index (Phi) is 6.25. The van der Waals surface area contributed by atoms with E-state index in [0.717, 1.165) is 45.8 Å². The number of benzene rings is 2. The van der Waals surface area contributed by atoms with E-state index in [4.69, 9.17) is 9.72 Å². The van der Waals surface area contributed by atoms with E-state index < -0.39 is 0 Å². The van der Waals surface area contributed by atoms with Crippen molar-refractivity contribution in [2.24, 2.45) is 0 Å². The van der Waals surface area contributed by atoms with Crippen molar-refractivity contribution in [3.8, 4) is 11.4 Å². The summed E-state index contributed by atoms with van der Waals surface area (Å²) in [4.78, 5) is 20.7. The number of thioether (sulfide) groups is 1. The number of fused-ring (bicyclic) bond motifs is 1. The van der Waals surface area contributed by atoms with Crippen molar-refractivity contribution in [1.82, 2.24) is 9.55 Å². The van der Waals surface area contributed by atoms with Crippen LogP contribution in [0, 0.1) is 6.92 Å². The molecule has 0 bridgehead atoms. The van der Waals surface area contributed by atoms with Gasteiger partial charge in [-0.25, -0.2) is 4.98 Å². The molecule has 0 aliphatic carbocycles. The number of aromatic nitrogens is 2. The van der Waals surface area contributed by atoms with Crippen molar-refractivity contribution in [2.75, 3.05) is 7.11 Å². The van der Waals surface area contributed by atoms with Crippen molar-refractivity contribution in [3.05, 3.63) is 81.0 Å². The van der Waals surface area contributed by atoms with Crippen LogP contribution >= 0.6 is 23.1 Å². The van der Waals surface area contributed by atoms with Gasteiger partial charge in [0.15, 0.2) is 5.16 Å². The van der Waals surface area contributed by atoms with Crippen LogP contribution in [0.3, 0.4) is 0 Å². The molecule has 30 heavy (non-hydrogen) atoms. The molecule has 0 amide bonds. The number of thiophene rings is 1. The molecule has 0 aliphatic rings. The van der Waals surface area contributed by atoms with Crippen LogP contribution in [0.5, 0.6) is 5.75 Å². The molecule has 2 aromatic heterocycles. The number of nitrogens with zero attached hydrogens (tertiary/aromatic N) is 2. The molecule has 0 N–H and O–H groups in total. The SMILES string of the molecule is CCCc1sc2nc(SCc3ccccc3)n(-c3ccc(OC)cc3)c(=O)c2c1C. The highest BCUT2D eigenvalue weighted by Crippen LogP contribution is 2.32. The second-order valence-electron chi connectivity index (χ2n) is 7.09. The third-order valence-corrected chi connectivity index (χ3v) is 7.31. The van der Waals surface area contributed by atoms with Gasteiger partial charge < -0.3 is 4.74 Å². The number of hydrogen-bond acceptors (Lipinski definition) is 5. The number of hydrogen-bond donors (Lipinski definition) is 0. The first-order valence-corrected chi connectivity index (χ1v) is 11.8. The molecule has 0 saturated carbocycles. The van der Waals surface area contributed by atoms with Gasteiger partial charge in [-0.15, -0.1) is 11.3 Å². The molecule has 0 saturated heterocycles. The van der Waals surface area contributed by atoms with E-state index >= 15 is 0 Å². The molecular weight excluding hydrogens is 412 g/mol. The molecule has 0 unspecified atom stereocenters. The van der Waals surface area contributed by atoms with Crippen molar-refractivity contribution >= 4 is 33.3 Å². The van der Waals surface area contributed by atoms with E-state index in [0.29, 0.717) is 5.16 Å². The lowest BCUT2D eigenvalue weighted by molar-refractivity contribution is 0.414. The predicted molar refractivity (Wildman–Crippen MR) is 127 cm³/mol. The number of methoxy groups -OCH3 is 1. The first kappa shape index (κ1) is 20.7.